The molecule has 152 valence electrons. The van der Waals surface area contributed by atoms with Gasteiger partial charge >= 0.3 is 0 Å². The van der Waals surface area contributed by atoms with Gasteiger partial charge in [-0.15, -0.1) is 12.4 Å². The minimum atomic E-state index is -0.486. The summed E-state index contributed by atoms with van der Waals surface area (Å²) in [6.45, 7) is 2.50. The van der Waals surface area contributed by atoms with Crippen molar-refractivity contribution in [3.8, 4) is 5.75 Å². The van der Waals surface area contributed by atoms with E-state index in [1.165, 1.54) is 0 Å². The Bertz CT molecular complexity index is 757. The third-order valence-corrected chi connectivity index (χ3v) is 5.13. The van der Waals surface area contributed by atoms with Crippen molar-refractivity contribution in [3.63, 3.8) is 0 Å². The normalized spacial score (nSPS) is 15.4. The maximum Gasteiger partial charge on any atom is 0.233 e. The SMILES string of the molecule is COCC1(C(=O)Nc2cccc(OCc3ccc(Cl)cc3)c2)CCNCC1.Cl. The number of nitrogens with one attached hydrogen (secondary N) is 2. The number of benzene rings is 2. The van der Waals surface area contributed by atoms with E-state index in [9.17, 15) is 4.79 Å². The number of piperidine rings is 1. The quantitative estimate of drug-likeness (QED) is 0.695. The highest BCUT2D eigenvalue weighted by molar-refractivity contribution is 6.30. The van der Waals surface area contributed by atoms with Crippen molar-refractivity contribution >= 4 is 35.6 Å². The molecule has 0 aliphatic carbocycles. The number of carbonyl (C=O) groups excluding carboxylic acids is 1. The van der Waals surface area contributed by atoms with E-state index in [0.717, 1.165) is 37.2 Å². The standard InChI is InChI=1S/C21H25ClN2O3.ClH/c1-26-15-21(9-11-23-12-10-21)20(25)24-18-3-2-4-19(13-18)27-14-16-5-7-17(22)8-6-16;/h2-8,13,23H,9-12,14-15H2,1H3,(H,24,25);1H. The molecule has 0 aromatic heterocycles. The Morgan fingerprint density at radius 2 is 1.89 bits per heavy atom. The van der Waals surface area contributed by atoms with Crippen LogP contribution in [0.25, 0.3) is 0 Å². The first-order valence-corrected chi connectivity index (χ1v) is 9.47. The lowest BCUT2D eigenvalue weighted by atomic mass is 9.78. The first kappa shape index (κ1) is 22.5. The summed E-state index contributed by atoms with van der Waals surface area (Å²) < 4.78 is 11.2. The van der Waals surface area contributed by atoms with Gasteiger partial charge in [0.25, 0.3) is 0 Å². The molecule has 2 N–H and O–H groups in total. The number of hydrogen-bond donors (Lipinski definition) is 2. The monoisotopic (exact) mass is 424 g/mol. The number of rotatable bonds is 7. The molecule has 1 saturated heterocycles. The molecule has 28 heavy (non-hydrogen) atoms. The largest absolute Gasteiger partial charge is 0.489 e. The minimum Gasteiger partial charge on any atom is -0.489 e. The van der Waals surface area contributed by atoms with Crippen molar-refractivity contribution < 1.29 is 14.3 Å². The van der Waals surface area contributed by atoms with E-state index in [-0.39, 0.29) is 18.3 Å². The molecule has 1 aliphatic rings. The van der Waals surface area contributed by atoms with Crippen molar-refractivity contribution in [3.05, 3.63) is 59.1 Å². The predicted octanol–water partition coefficient (Wildman–Crippen LogP) is 4.30. The second kappa shape index (κ2) is 10.7. The molecule has 1 amide bonds. The van der Waals surface area contributed by atoms with Gasteiger partial charge < -0.3 is 20.1 Å². The van der Waals surface area contributed by atoms with Gasteiger partial charge in [-0.1, -0.05) is 29.8 Å². The minimum absolute atomic E-state index is 0. The fourth-order valence-electron chi connectivity index (χ4n) is 3.29. The third kappa shape index (κ3) is 5.85. The molecule has 1 fully saturated rings. The molecule has 5 nitrogen and oxygen atoms in total. The predicted molar refractivity (Wildman–Crippen MR) is 115 cm³/mol. The van der Waals surface area contributed by atoms with Crippen LogP contribution in [0.3, 0.4) is 0 Å². The second-order valence-corrected chi connectivity index (χ2v) is 7.30. The van der Waals surface area contributed by atoms with Crippen molar-refractivity contribution in [1.29, 1.82) is 0 Å². The second-order valence-electron chi connectivity index (χ2n) is 6.86. The third-order valence-electron chi connectivity index (χ3n) is 4.87. The fraction of sp³-hybridized carbons (Fsp3) is 0.381. The molecule has 0 unspecified atom stereocenters. The van der Waals surface area contributed by atoms with E-state index in [0.29, 0.717) is 24.0 Å². The van der Waals surface area contributed by atoms with Crippen LogP contribution in [0.5, 0.6) is 5.75 Å². The molecule has 1 aliphatic heterocycles. The molecule has 0 spiro atoms. The first-order chi connectivity index (χ1) is 13.1. The Morgan fingerprint density at radius 3 is 2.57 bits per heavy atom. The average molecular weight is 425 g/mol. The highest BCUT2D eigenvalue weighted by Gasteiger charge is 2.39. The summed E-state index contributed by atoms with van der Waals surface area (Å²) in [5.41, 5.74) is 1.27. The van der Waals surface area contributed by atoms with Crippen molar-refractivity contribution in [2.45, 2.75) is 19.4 Å². The lowest BCUT2D eigenvalue weighted by Gasteiger charge is -2.35. The van der Waals surface area contributed by atoms with E-state index in [1.807, 2.05) is 48.5 Å². The molecule has 1 heterocycles. The molecule has 0 radical (unpaired) electrons. The van der Waals surface area contributed by atoms with Gasteiger partial charge in [0.2, 0.25) is 5.91 Å². The molecule has 2 aromatic carbocycles. The van der Waals surface area contributed by atoms with Crippen LogP contribution in [0.15, 0.2) is 48.5 Å². The van der Waals surface area contributed by atoms with Gasteiger partial charge in [0.05, 0.1) is 12.0 Å². The lowest BCUT2D eigenvalue weighted by Crippen LogP contribution is -2.47. The number of amides is 1. The van der Waals surface area contributed by atoms with Crippen molar-refractivity contribution in [2.75, 3.05) is 32.1 Å². The Hall–Kier alpha value is -1.79. The van der Waals surface area contributed by atoms with E-state index in [2.05, 4.69) is 10.6 Å². The van der Waals surface area contributed by atoms with Crippen LogP contribution >= 0.6 is 24.0 Å². The Labute approximate surface area is 177 Å². The van der Waals surface area contributed by atoms with E-state index in [4.69, 9.17) is 21.1 Å². The zero-order valence-electron chi connectivity index (χ0n) is 15.9. The summed E-state index contributed by atoms with van der Waals surface area (Å²) >= 11 is 5.90. The van der Waals surface area contributed by atoms with E-state index >= 15 is 0 Å². The zero-order chi connectivity index (χ0) is 19.1. The first-order valence-electron chi connectivity index (χ1n) is 9.10. The summed E-state index contributed by atoms with van der Waals surface area (Å²) in [7, 11) is 1.64. The van der Waals surface area contributed by atoms with Gasteiger partial charge in [0.15, 0.2) is 0 Å². The number of methoxy groups -OCH3 is 1. The Balaban J connectivity index is 0.00000280. The molecular formula is C21H26Cl2N2O3. The van der Waals surface area contributed by atoms with Crippen LogP contribution in [0.2, 0.25) is 5.02 Å². The molecule has 0 saturated carbocycles. The van der Waals surface area contributed by atoms with Crippen LogP contribution in [-0.4, -0.2) is 32.7 Å². The van der Waals surface area contributed by atoms with Crippen LogP contribution in [0.4, 0.5) is 5.69 Å². The van der Waals surface area contributed by atoms with Crippen LogP contribution < -0.4 is 15.4 Å². The van der Waals surface area contributed by atoms with E-state index in [1.54, 1.807) is 7.11 Å². The smallest absolute Gasteiger partial charge is 0.233 e. The number of hydrogen-bond acceptors (Lipinski definition) is 4. The molecule has 3 rings (SSSR count). The molecule has 7 heteroatoms. The highest BCUT2D eigenvalue weighted by atomic mass is 35.5. The van der Waals surface area contributed by atoms with Crippen LogP contribution in [0.1, 0.15) is 18.4 Å². The fourth-order valence-corrected chi connectivity index (χ4v) is 3.42. The van der Waals surface area contributed by atoms with Crippen molar-refractivity contribution in [1.82, 2.24) is 5.32 Å². The van der Waals surface area contributed by atoms with Crippen LogP contribution in [-0.2, 0) is 16.1 Å². The van der Waals surface area contributed by atoms with E-state index < -0.39 is 5.41 Å². The van der Waals surface area contributed by atoms with Gasteiger partial charge in [-0.3, -0.25) is 4.79 Å². The maximum atomic E-state index is 12.9. The maximum absolute atomic E-state index is 12.9. The van der Waals surface area contributed by atoms with Gasteiger partial charge in [-0.05, 0) is 55.8 Å². The summed E-state index contributed by atoms with van der Waals surface area (Å²) in [4.78, 5) is 12.9. The van der Waals surface area contributed by atoms with Gasteiger partial charge in [-0.2, -0.15) is 0 Å². The number of halogens is 2. The lowest BCUT2D eigenvalue weighted by molar-refractivity contribution is -0.130. The zero-order valence-corrected chi connectivity index (χ0v) is 17.4. The molecule has 0 bridgehead atoms. The summed E-state index contributed by atoms with van der Waals surface area (Å²) in [6.07, 6.45) is 1.53. The van der Waals surface area contributed by atoms with Gasteiger partial charge in [-0.25, -0.2) is 0 Å². The van der Waals surface area contributed by atoms with Gasteiger partial charge in [0, 0.05) is 23.9 Å². The van der Waals surface area contributed by atoms with Crippen LogP contribution in [0, 0.1) is 5.41 Å². The molecular weight excluding hydrogens is 399 g/mol. The topological polar surface area (TPSA) is 59.6 Å². The Kier molecular flexibility index (Phi) is 8.58. The average Bonchev–Trinajstić information content (AvgIpc) is 2.69. The Morgan fingerprint density at radius 1 is 1.18 bits per heavy atom. The van der Waals surface area contributed by atoms with Gasteiger partial charge in [0.1, 0.15) is 12.4 Å². The summed E-state index contributed by atoms with van der Waals surface area (Å²) in [5, 5.41) is 7.04. The molecule has 0 atom stereocenters. The number of anilines is 1. The number of carbonyl (C=O) groups is 1. The number of ether oxygens (including phenoxy) is 2. The summed E-state index contributed by atoms with van der Waals surface area (Å²) in [5.74, 6) is 0.703. The van der Waals surface area contributed by atoms with Crippen molar-refractivity contribution in [2.24, 2.45) is 5.41 Å². The summed E-state index contributed by atoms with van der Waals surface area (Å²) in [6, 6.07) is 15.0. The molecule has 2 aromatic rings. The highest BCUT2D eigenvalue weighted by Crippen LogP contribution is 2.31.